The predicted octanol–water partition coefficient (Wildman–Crippen LogP) is 23.7. The van der Waals surface area contributed by atoms with E-state index in [-0.39, 0.29) is 18.5 Å². The van der Waals surface area contributed by atoms with Crippen molar-refractivity contribution < 1.29 is 24.5 Å². The van der Waals surface area contributed by atoms with E-state index in [4.69, 9.17) is 4.74 Å². The Bertz CT molecular complexity index is 1250. The number of aliphatic hydroxyl groups excluding tert-OH is 2. The van der Waals surface area contributed by atoms with Crippen molar-refractivity contribution in [3.63, 3.8) is 0 Å². The third kappa shape index (κ3) is 65.5. The molecule has 2 unspecified atom stereocenters. The first-order valence-corrected chi connectivity index (χ1v) is 36.6. The highest BCUT2D eigenvalue weighted by Gasteiger charge is 2.20. The van der Waals surface area contributed by atoms with Gasteiger partial charge >= 0.3 is 5.97 Å². The molecule has 0 saturated heterocycles. The molecule has 0 saturated carbocycles. The van der Waals surface area contributed by atoms with Gasteiger partial charge in [0.2, 0.25) is 5.91 Å². The van der Waals surface area contributed by atoms with Crippen LogP contribution in [0.5, 0.6) is 0 Å². The molecular formula is C74H143NO5. The van der Waals surface area contributed by atoms with Crippen LogP contribution in [0.15, 0.2) is 24.3 Å². The lowest BCUT2D eigenvalue weighted by molar-refractivity contribution is -0.143. The van der Waals surface area contributed by atoms with Gasteiger partial charge in [0.05, 0.1) is 25.4 Å². The quantitative estimate of drug-likeness (QED) is 0.0320. The van der Waals surface area contributed by atoms with Crippen LogP contribution in [0.4, 0.5) is 0 Å². The van der Waals surface area contributed by atoms with Crippen molar-refractivity contribution in [1.82, 2.24) is 5.32 Å². The zero-order chi connectivity index (χ0) is 57.8. The topological polar surface area (TPSA) is 95.9 Å². The third-order valence-corrected chi connectivity index (χ3v) is 17.2. The molecule has 3 N–H and O–H groups in total. The zero-order valence-corrected chi connectivity index (χ0v) is 54.3. The SMILES string of the molecule is CCCCCCCCC/C=C\CCCCCCCCCC(=O)OCCCCCCCCCCCCCC/C=C\CCCCCCCCCCCCCCC(=O)NC(CO)C(O)CCCCCCCCCCCCCCCCCCC. The normalized spacial score (nSPS) is 12.6. The molecular weight excluding hydrogens is 983 g/mol. The lowest BCUT2D eigenvalue weighted by Gasteiger charge is -2.22. The zero-order valence-electron chi connectivity index (χ0n) is 54.3. The largest absolute Gasteiger partial charge is 0.466 e. The number of hydrogen-bond acceptors (Lipinski definition) is 5. The molecule has 0 aliphatic rings. The van der Waals surface area contributed by atoms with Gasteiger partial charge in [-0.2, -0.15) is 0 Å². The maximum Gasteiger partial charge on any atom is 0.305 e. The van der Waals surface area contributed by atoms with Crippen LogP contribution in [0.25, 0.3) is 0 Å². The number of nitrogens with one attached hydrogen (secondary N) is 1. The molecule has 474 valence electrons. The molecule has 0 aromatic rings. The van der Waals surface area contributed by atoms with E-state index in [2.05, 4.69) is 43.5 Å². The summed E-state index contributed by atoms with van der Waals surface area (Å²) in [7, 11) is 0. The standard InChI is InChI=1S/C74H143NO5/c1-3-5-7-9-11-13-15-17-19-21-36-40-44-48-52-56-60-64-68-74(79)80-69-65-61-57-53-49-45-41-37-33-31-29-27-25-23-22-24-26-28-30-32-35-39-43-47-51-55-59-63-67-73(78)75-71(70-76)72(77)66-62-58-54-50-46-42-38-34-20-18-16-14-12-10-8-6-4-2/h19,21-23,71-72,76-77H,3-18,20,24-70H2,1-2H3,(H,75,78)/b21-19-,23-22-. The molecule has 0 aromatic heterocycles. The highest BCUT2D eigenvalue weighted by molar-refractivity contribution is 5.76. The van der Waals surface area contributed by atoms with Gasteiger partial charge in [0.25, 0.3) is 0 Å². The minimum absolute atomic E-state index is 0.0138. The van der Waals surface area contributed by atoms with Gasteiger partial charge < -0.3 is 20.3 Å². The van der Waals surface area contributed by atoms with Crippen molar-refractivity contribution in [3.05, 3.63) is 24.3 Å². The van der Waals surface area contributed by atoms with E-state index in [9.17, 15) is 19.8 Å². The number of esters is 1. The Hall–Kier alpha value is -1.66. The number of carbonyl (C=O) groups excluding carboxylic acids is 2. The van der Waals surface area contributed by atoms with Crippen molar-refractivity contribution in [2.24, 2.45) is 0 Å². The summed E-state index contributed by atoms with van der Waals surface area (Å²) >= 11 is 0. The Balaban J connectivity index is 3.36. The van der Waals surface area contributed by atoms with Gasteiger partial charge in [-0.25, -0.2) is 0 Å². The van der Waals surface area contributed by atoms with Crippen LogP contribution in [-0.2, 0) is 14.3 Å². The molecule has 0 aliphatic heterocycles. The van der Waals surface area contributed by atoms with Crippen LogP contribution < -0.4 is 5.32 Å². The number of ether oxygens (including phenoxy) is 1. The minimum Gasteiger partial charge on any atom is -0.466 e. The highest BCUT2D eigenvalue weighted by Crippen LogP contribution is 2.19. The van der Waals surface area contributed by atoms with Crippen molar-refractivity contribution in [2.45, 2.75) is 424 Å². The van der Waals surface area contributed by atoms with E-state index in [1.807, 2.05) is 0 Å². The number of unbranched alkanes of at least 4 members (excludes halogenated alkanes) is 54. The van der Waals surface area contributed by atoms with Gasteiger partial charge in [-0.15, -0.1) is 0 Å². The van der Waals surface area contributed by atoms with E-state index in [0.717, 1.165) is 44.9 Å². The van der Waals surface area contributed by atoms with Crippen LogP contribution in [0.3, 0.4) is 0 Å². The predicted molar refractivity (Wildman–Crippen MR) is 352 cm³/mol. The van der Waals surface area contributed by atoms with Gasteiger partial charge in [0, 0.05) is 12.8 Å². The number of aliphatic hydroxyl groups is 2. The monoisotopic (exact) mass is 1130 g/mol. The molecule has 0 aromatic carbocycles. The van der Waals surface area contributed by atoms with Crippen molar-refractivity contribution in [2.75, 3.05) is 13.2 Å². The Labute approximate surface area is 501 Å². The Morgan fingerprint density at radius 3 is 0.887 bits per heavy atom. The van der Waals surface area contributed by atoms with Gasteiger partial charge in [-0.05, 0) is 77.0 Å². The average molecular weight is 1130 g/mol. The maximum atomic E-state index is 12.5. The van der Waals surface area contributed by atoms with Crippen LogP contribution in [0, 0.1) is 0 Å². The Morgan fingerprint density at radius 2 is 0.588 bits per heavy atom. The molecule has 0 fully saturated rings. The maximum absolute atomic E-state index is 12.5. The van der Waals surface area contributed by atoms with Crippen LogP contribution >= 0.6 is 0 Å². The smallest absolute Gasteiger partial charge is 0.305 e. The molecule has 80 heavy (non-hydrogen) atoms. The molecule has 6 nitrogen and oxygen atoms in total. The summed E-state index contributed by atoms with van der Waals surface area (Å²) in [5.41, 5.74) is 0. The lowest BCUT2D eigenvalue weighted by Crippen LogP contribution is -2.45. The van der Waals surface area contributed by atoms with Crippen molar-refractivity contribution in [3.8, 4) is 0 Å². The summed E-state index contributed by atoms with van der Waals surface area (Å²) in [5, 5.41) is 23.4. The molecule has 0 bridgehead atoms. The highest BCUT2D eigenvalue weighted by atomic mass is 16.5. The molecule has 0 spiro atoms. The lowest BCUT2D eigenvalue weighted by atomic mass is 10.0. The third-order valence-electron chi connectivity index (χ3n) is 17.2. The molecule has 1 amide bonds. The molecule has 2 atom stereocenters. The molecule has 0 rings (SSSR count). The van der Waals surface area contributed by atoms with Gasteiger partial charge in [-0.1, -0.05) is 346 Å². The Morgan fingerprint density at radius 1 is 0.338 bits per heavy atom. The van der Waals surface area contributed by atoms with Crippen molar-refractivity contribution in [1.29, 1.82) is 0 Å². The molecule has 0 heterocycles. The summed E-state index contributed by atoms with van der Waals surface area (Å²) < 4.78 is 5.51. The minimum atomic E-state index is -0.664. The summed E-state index contributed by atoms with van der Waals surface area (Å²) in [4.78, 5) is 24.6. The van der Waals surface area contributed by atoms with E-state index < -0.39 is 12.1 Å². The van der Waals surface area contributed by atoms with E-state index in [0.29, 0.717) is 25.9 Å². The second-order valence-corrected chi connectivity index (χ2v) is 25.3. The molecule has 0 aliphatic carbocycles. The number of allylic oxidation sites excluding steroid dienone is 4. The fraction of sp³-hybridized carbons (Fsp3) is 0.919. The fourth-order valence-electron chi connectivity index (χ4n) is 11.6. The summed E-state index contributed by atoms with van der Waals surface area (Å²) in [6.45, 7) is 4.99. The number of amides is 1. The van der Waals surface area contributed by atoms with Crippen LogP contribution in [0.2, 0.25) is 0 Å². The molecule has 6 heteroatoms. The second kappa shape index (κ2) is 69.8. The van der Waals surface area contributed by atoms with E-state index in [1.165, 1.54) is 334 Å². The first-order valence-electron chi connectivity index (χ1n) is 36.6. The van der Waals surface area contributed by atoms with Crippen molar-refractivity contribution >= 4 is 11.9 Å². The van der Waals surface area contributed by atoms with Gasteiger partial charge in [0.1, 0.15) is 0 Å². The number of carbonyl (C=O) groups is 2. The first-order chi connectivity index (χ1) is 39.5. The fourth-order valence-corrected chi connectivity index (χ4v) is 11.6. The van der Waals surface area contributed by atoms with Gasteiger partial charge in [-0.3, -0.25) is 9.59 Å². The van der Waals surface area contributed by atoms with Gasteiger partial charge in [0.15, 0.2) is 0 Å². The summed E-state index contributed by atoms with van der Waals surface area (Å²) in [6.07, 6.45) is 88.1. The molecule has 0 radical (unpaired) electrons. The van der Waals surface area contributed by atoms with E-state index >= 15 is 0 Å². The average Bonchev–Trinajstić information content (AvgIpc) is 3.46. The summed E-state index contributed by atoms with van der Waals surface area (Å²) in [5.74, 6) is -0.0175. The number of rotatable bonds is 69. The Kier molecular flexibility index (Phi) is 68.4. The second-order valence-electron chi connectivity index (χ2n) is 25.3. The van der Waals surface area contributed by atoms with E-state index in [1.54, 1.807) is 0 Å². The van der Waals surface area contributed by atoms with Crippen LogP contribution in [0.1, 0.15) is 412 Å². The summed E-state index contributed by atoms with van der Waals surface area (Å²) in [6, 6.07) is -0.542. The van der Waals surface area contributed by atoms with Crippen LogP contribution in [-0.4, -0.2) is 47.4 Å². The first kappa shape index (κ1) is 78.3. The number of hydrogen-bond donors (Lipinski definition) is 3.